The van der Waals surface area contributed by atoms with Crippen molar-refractivity contribution in [2.24, 2.45) is 0 Å². The largest absolute Gasteiger partial charge is 4.00 e. The first-order valence-electron chi connectivity index (χ1n) is 7.39. The molecule has 0 aromatic heterocycles. The first-order chi connectivity index (χ1) is 9.39. The van der Waals surface area contributed by atoms with Crippen LogP contribution >= 0.6 is 0 Å². The first-order valence-corrected chi connectivity index (χ1v) is 7.39. The SMILES string of the molecule is O=[N+]([O-])O.[CH2-]CCC.[CH2-]CCC.[CH2-]CCC.[CH2-]CCC.[Ce+4]. The number of hydrogen-bond acceptors (Lipinski definition) is 2. The van der Waals surface area contributed by atoms with Crippen LogP contribution in [0.1, 0.15) is 79.1 Å². The van der Waals surface area contributed by atoms with Gasteiger partial charge in [-0.3, -0.25) is 0 Å². The molecule has 0 saturated heterocycles. The second kappa shape index (κ2) is 58.8. The summed E-state index contributed by atoms with van der Waals surface area (Å²) in [6.07, 6.45) is 9.11. The van der Waals surface area contributed by atoms with E-state index in [-0.39, 0.29) is 41.7 Å². The van der Waals surface area contributed by atoms with E-state index < -0.39 is 5.09 Å². The summed E-state index contributed by atoms with van der Waals surface area (Å²) in [7, 11) is 0. The molecule has 5 heteroatoms. The zero-order valence-corrected chi connectivity index (χ0v) is 17.8. The van der Waals surface area contributed by atoms with Crippen molar-refractivity contribution in [2.45, 2.75) is 79.1 Å². The van der Waals surface area contributed by atoms with Gasteiger partial charge < -0.3 is 32.9 Å². The fraction of sp³-hybridized carbons (Fsp3) is 0.750. The van der Waals surface area contributed by atoms with Crippen molar-refractivity contribution in [2.75, 3.05) is 0 Å². The summed E-state index contributed by atoms with van der Waals surface area (Å²) >= 11 is 0. The summed E-state index contributed by atoms with van der Waals surface area (Å²) < 4.78 is 0. The molecule has 0 radical (unpaired) electrons. The number of hydrogen-bond donors (Lipinski definition) is 1. The Morgan fingerprint density at radius 1 is 0.762 bits per heavy atom. The zero-order chi connectivity index (χ0) is 17.2. The van der Waals surface area contributed by atoms with Crippen LogP contribution < -0.4 is 0 Å². The van der Waals surface area contributed by atoms with Crippen molar-refractivity contribution >= 4 is 0 Å². The van der Waals surface area contributed by atoms with Gasteiger partial charge in [0, 0.05) is 0 Å². The molecule has 0 bridgehead atoms. The fourth-order valence-corrected chi connectivity index (χ4v) is 0. The van der Waals surface area contributed by atoms with E-state index in [1.807, 2.05) is 0 Å². The van der Waals surface area contributed by atoms with Gasteiger partial charge in [0.1, 0.15) is 0 Å². The molecule has 0 unspecified atom stereocenters. The molecule has 0 aliphatic rings. The second-order valence-corrected chi connectivity index (χ2v) is 3.65. The van der Waals surface area contributed by atoms with E-state index >= 15 is 0 Å². The topological polar surface area (TPSA) is 63.4 Å². The summed E-state index contributed by atoms with van der Waals surface area (Å²) in [5.41, 5.74) is 0. The standard InChI is InChI=1S/4C4H9.Ce.HNO3/c4*1-3-4-2;;2-1(3)4/h4*1,3-4H2,2H3;;(H,2,3,4)/q4*-1;+4;. The minimum atomic E-state index is -1.50. The van der Waals surface area contributed by atoms with Gasteiger partial charge in [0.05, 0.1) is 0 Å². The van der Waals surface area contributed by atoms with Gasteiger partial charge in [-0.25, -0.2) is 0 Å². The Hall–Kier alpha value is 0.577. The van der Waals surface area contributed by atoms with Gasteiger partial charge in [0.15, 0.2) is 0 Å². The van der Waals surface area contributed by atoms with Gasteiger partial charge in [-0.05, 0) is 0 Å². The van der Waals surface area contributed by atoms with Crippen molar-refractivity contribution < 1.29 is 52.0 Å². The maximum atomic E-state index is 8.36. The first kappa shape index (κ1) is 37.7. The molecule has 0 aliphatic heterocycles. The van der Waals surface area contributed by atoms with Crippen molar-refractivity contribution in [1.29, 1.82) is 0 Å². The number of rotatable bonds is 4. The third-order valence-corrected chi connectivity index (χ3v) is 1.41. The fourth-order valence-electron chi connectivity index (χ4n) is 0. The van der Waals surface area contributed by atoms with Crippen molar-refractivity contribution in [3.63, 3.8) is 0 Å². The maximum Gasteiger partial charge on any atom is 4.00 e. The molecular formula is C16H37CeNO3. The average Bonchev–Trinajstić information content (AvgIpc) is 2.47. The molecule has 21 heavy (non-hydrogen) atoms. The summed E-state index contributed by atoms with van der Waals surface area (Å²) in [4.78, 5) is 8.36. The van der Waals surface area contributed by atoms with Crippen LogP contribution in [0.15, 0.2) is 0 Å². The normalized spacial score (nSPS) is 6.86. The van der Waals surface area contributed by atoms with Crippen molar-refractivity contribution in [3.05, 3.63) is 37.8 Å². The van der Waals surface area contributed by atoms with Gasteiger partial charge >= 0.3 is 41.7 Å². The molecular weight excluding hydrogens is 394 g/mol. The predicted molar refractivity (Wildman–Crippen MR) is 89.8 cm³/mol. The van der Waals surface area contributed by atoms with E-state index in [0.29, 0.717) is 0 Å². The van der Waals surface area contributed by atoms with E-state index in [1.165, 1.54) is 25.7 Å². The number of unbranched alkanes of at least 4 members (excludes halogenated alkanes) is 4. The molecule has 0 atom stereocenters. The molecule has 1 N–H and O–H groups in total. The third-order valence-electron chi connectivity index (χ3n) is 1.41. The Kier molecular flexibility index (Phi) is 105. The molecule has 0 fully saturated rings. The maximum absolute atomic E-state index is 8.36. The van der Waals surface area contributed by atoms with E-state index in [4.69, 9.17) is 15.3 Å². The molecule has 128 valence electrons. The van der Waals surface area contributed by atoms with Gasteiger partial charge in [-0.1, -0.05) is 53.4 Å². The summed E-state index contributed by atoms with van der Waals surface area (Å²) in [6, 6.07) is 0. The minimum Gasteiger partial charge on any atom is -0.343 e. The molecule has 0 spiro atoms. The van der Waals surface area contributed by atoms with Crippen molar-refractivity contribution in [1.82, 2.24) is 0 Å². The Balaban J connectivity index is -0.0000000331. The van der Waals surface area contributed by atoms with Gasteiger partial charge in [0.2, 0.25) is 0 Å². The van der Waals surface area contributed by atoms with Crippen LogP contribution in [-0.2, 0) is 0 Å². The molecule has 0 aromatic carbocycles. The van der Waals surface area contributed by atoms with Crippen molar-refractivity contribution in [3.8, 4) is 0 Å². The van der Waals surface area contributed by atoms with Gasteiger partial charge in [-0.2, -0.15) is 25.7 Å². The van der Waals surface area contributed by atoms with Gasteiger partial charge in [0.25, 0.3) is 5.09 Å². The molecule has 0 amide bonds. The van der Waals surface area contributed by atoms with Crippen LogP contribution in [0.4, 0.5) is 0 Å². The smallest absolute Gasteiger partial charge is 0.343 e. The molecule has 0 saturated carbocycles. The third kappa shape index (κ3) is 339. The summed E-state index contributed by atoms with van der Waals surface area (Å²) in [5, 5.41) is 13.6. The Morgan fingerprint density at radius 3 is 0.810 bits per heavy atom. The molecule has 0 heterocycles. The molecule has 0 rings (SSSR count). The Morgan fingerprint density at radius 2 is 0.810 bits per heavy atom. The van der Waals surface area contributed by atoms with Crippen LogP contribution in [0, 0.1) is 79.6 Å². The molecule has 0 aromatic rings. The quantitative estimate of drug-likeness (QED) is 0.331. The molecule has 0 aliphatic carbocycles. The average molecular weight is 432 g/mol. The predicted octanol–water partition coefficient (Wildman–Crippen LogP) is 6.13. The van der Waals surface area contributed by atoms with Crippen LogP contribution in [-0.4, -0.2) is 10.3 Å². The second-order valence-electron chi connectivity index (χ2n) is 3.65. The van der Waals surface area contributed by atoms with E-state index in [2.05, 4.69) is 55.4 Å². The summed E-state index contributed by atoms with van der Waals surface area (Å²) in [5.74, 6) is 0. The number of nitrogens with zero attached hydrogens (tertiary/aromatic N) is 1. The minimum absolute atomic E-state index is 0. The van der Waals surface area contributed by atoms with E-state index in [0.717, 1.165) is 25.7 Å². The monoisotopic (exact) mass is 431 g/mol. The van der Waals surface area contributed by atoms with Gasteiger partial charge in [-0.15, -0.1) is 10.1 Å². The molecule has 4 nitrogen and oxygen atoms in total. The van der Waals surface area contributed by atoms with Crippen LogP contribution in [0.2, 0.25) is 0 Å². The van der Waals surface area contributed by atoms with Crippen LogP contribution in [0.3, 0.4) is 0 Å². The van der Waals surface area contributed by atoms with E-state index in [1.54, 1.807) is 0 Å². The van der Waals surface area contributed by atoms with E-state index in [9.17, 15) is 0 Å². The van der Waals surface area contributed by atoms with Crippen LogP contribution in [0.5, 0.6) is 0 Å². The Bertz CT molecular complexity index is 98.1. The Labute approximate surface area is 168 Å². The zero-order valence-electron chi connectivity index (χ0n) is 14.7. The summed E-state index contributed by atoms with van der Waals surface area (Å²) in [6.45, 7) is 22.9. The van der Waals surface area contributed by atoms with Crippen LogP contribution in [0.25, 0.3) is 0 Å².